The van der Waals surface area contributed by atoms with E-state index in [1.807, 2.05) is 18.2 Å². The summed E-state index contributed by atoms with van der Waals surface area (Å²) in [6, 6.07) is 0. The minimum Gasteiger partial charge on any atom is -0.478 e. The quantitative estimate of drug-likeness (QED) is 0.0825. The van der Waals surface area contributed by atoms with Crippen molar-refractivity contribution in [2.75, 3.05) is 27.8 Å². The van der Waals surface area contributed by atoms with E-state index in [2.05, 4.69) is 40.4 Å². The van der Waals surface area contributed by atoms with Crippen molar-refractivity contribution >= 4 is 14.3 Å². The van der Waals surface area contributed by atoms with Crippen LogP contribution < -0.4 is 0 Å². The summed E-state index contributed by atoms with van der Waals surface area (Å²) in [5, 5.41) is 8.79. The number of carbonyl (C=O) groups is 1. The van der Waals surface area contributed by atoms with Crippen LogP contribution in [0.5, 0.6) is 0 Å². The zero-order valence-electron chi connectivity index (χ0n) is 21.7. The zero-order valence-corrected chi connectivity index (χ0v) is 22.7. The fourth-order valence-corrected chi connectivity index (χ4v) is 4.17. The molecule has 8 heteroatoms. The number of allylic oxidation sites excluding steroid dienone is 2. The average Bonchev–Trinajstić information content (AvgIpc) is 2.73. The normalized spacial score (nSPS) is 15.7. The first-order valence-electron chi connectivity index (χ1n) is 11.6. The first-order chi connectivity index (χ1) is 15.5. The highest BCUT2D eigenvalue weighted by atomic mass is 28.4. The summed E-state index contributed by atoms with van der Waals surface area (Å²) in [6.07, 6.45) is 11.8. The molecule has 3 atom stereocenters. The predicted molar refractivity (Wildman–Crippen MR) is 135 cm³/mol. The van der Waals surface area contributed by atoms with Crippen LogP contribution in [-0.4, -0.2) is 65.5 Å². The topological polar surface area (TPSA) is 83.5 Å². The highest BCUT2D eigenvalue weighted by Crippen LogP contribution is 2.38. The van der Waals surface area contributed by atoms with Crippen LogP contribution >= 0.6 is 0 Å². The number of hydrogen-bond donors (Lipinski definition) is 1. The van der Waals surface area contributed by atoms with E-state index in [0.29, 0.717) is 6.42 Å². The molecular weight excluding hydrogens is 440 g/mol. The van der Waals surface area contributed by atoms with Crippen molar-refractivity contribution in [1.82, 2.24) is 0 Å². The van der Waals surface area contributed by atoms with Crippen LogP contribution in [0.4, 0.5) is 0 Å². The van der Waals surface area contributed by atoms with Crippen LogP contribution in [0, 0.1) is 0 Å². The molecule has 0 rings (SSSR count). The average molecular weight is 487 g/mol. The van der Waals surface area contributed by atoms with Gasteiger partial charge in [-0.15, -0.1) is 6.58 Å². The third-order valence-electron chi connectivity index (χ3n) is 5.69. The molecule has 0 saturated heterocycles. The molecule has 0 radical (unpaired) electrons. The molecule has 33 heavy (non-hydrogen) atoms. The van der Waals surface area contributed by atoms with Crippen LogP contribution in [0.15, 0.2) is 37.0 Å². The number of carboxylic acids is 1. The molecule has 1 N–H and O–H groups in total. The maximum atomic E-state index is 10.6. The Kier molecular flexibility index (Phi) is 16.5. The second kappa shape index (κ2) is 17.2. The highest BCUT2D eigenvalue weighted by molar-refractivity contribution is 6.74. The van der Waals surface area contributed by atoms with Gasteiger partial charge in [0.15, 0.2) is 8.32 Å². The number of rotatable bonds is 19. The lowest BCUT2D eigenvalue weighted by Crippen LogP contribution is -2.47. The lowest BCUT2D eigenvalue weighted by atomic mass is 10.1. The number of carboxylic acid groups (broad SMARTS) is 1. The van der Waals surface area contributed by atoms with Crippen LogP contribution in [-0.2, 0) is 28.2 Å². The van der Waals surface area contributed by atoms with Crippen molar-refractivity contribution in [3.05, 3.63) is 37.0 Å². The van der Waals surface area contributed by atoms with Crippen molar-refractivity contribution in [1.29, 1.82) is 0 Å². The van der Waals surface area contributed by atoms with Gasteiger partial charge in [-0.3, -0.25) is 0 Å². The number of methoxy groups -OCH3 is 2. The second-order valence-electron chi connectivity index (χ2n) is 9.49. The largest absolute Gasteiger partial charge is 0.478 e. The Balaban J connectivity index is 5.52. The second-order valence-corrected chi connectivity index (χ2v) is 14.2. The van der Waals surface area contributed by atoms with E-state index in [9.17, 15) is 4.79 Å². The van der Waals surface area contributed by atoms with E-state index in [0.717, 1.165) is 31.8 Å². The van der Waals surface area contributed by atoms with Crippen LogP contribution in [0.3, 0.4) is 0 Å². The van der Waals surface area contributed by atoms with Gasteiger partial charge in [0.2, 0.25) is 0 Å². The van der Waals surface area contributed by atoms with Gasteiger partial charge in [0.25, 0.3) is 0 Å². The van der Waals surface area contributed by atoms with Gasteiger partial charge in [-0.05, 0) is 50.2 Å². The maximum Gasteiger partial charge on any atom is 0.327 e. The minimum atomic E-state index is -2.03. The fourth-order valence-electron chi connectivity index (χ4n) is 2.81. The molecule has 0 heterocycles. The molecule has 0 fully saturated rings. The minimum absolute atomic E-state index is 0.0720. The van der Waals surface area contributed by atoms with E-state index < -0.39 is 14.3 Å². The predicted octanol–water partition coefficient (Wildman–Crippen LogP) is 5.69. The molecule has 7 nitrogen and oxygen atoms in total. The molecule has 0 aliphatic heterocycles. The fraction of sp³-hybridized carbons (Fsp3) is 0.720. The van der Waals surface area contributed by atoms with Crippen molar-refractivity contribution < 1.29 is 33.3 Å². The first-order valence-corrected chi connectivity index (χ1v) is 14.5. The Hall–Kier alpha value is -1.29. The molecule has 0 aliphatic rings. The molecule has 0 spiro atoms. The van der Waals surface area contributed by atoms with Gasteiger partial charge in [0.1, 0.15) is 19.7 Å². The summed E-state index contributed by atoms with van der Waals surface area (Å²) in [7, 11) is 1.15. The lowest BCUT2D eigenvalue weighted by Gasteiger charge is -2.41. The molecule has 0 aromatic rings. The number of hydrogen-bond acceptors (Lipinski definition) is 6. The van der Waals surface area contributed by atoms with E-state index in [1.54, 1.807) is 20.3 Å². The lowest BCUT2D eigenvalue weighted by molar-refractivity contribution is -0.131. The molecule has 0 aromatic carbocycles. The van der Waals surface area contributed by atoms with Crippen LogP contribution in [0.2, 0.25) is 18.1 Å². The van der Waals surface area contributed by atoms with Crippen molar-refractivity contribution in [3.8, 4) is 0 Å². The van der Waals surface area contributed by atoms with E-state index in [-0.39, 0.29) is 36.9 Å². The molecule has 0 aliphatic carbocycles. The van der Waals surface area contributed by atoms with Gasteiger partial charge in [-0.1, -0.05) is 45.1 Å². The Morgan fingerprint density at radius 2 is 1.67 bits per heavy atom. The van der Waals surface area contributed by atoms with Crippen molar-refractivity contribution in [3.63, 3.8) is 0 Å². The summed E-state index contributed by atoms with van der Waals surface area (Å²) in [5.74, 6) is -0.937. The Morgan fingerprint density at radius 3 is 2.21 bits per heavy atom. The Morgan fingerprint density at radius 1 is 1.03 bits per heavy atom. The summed E-state index contributed by atoms with van der Waals surface area (Å²) in [5.41, 5.74) is 0. The van der Waals surface area contributed by atoms with Gasteiger partial charge < -0.3 is 28.5 Å². The SMILES string of the molecule is C=CCC[C@H](O[Si](C)(C)C(C)(C)C)[C@H](C=C[C@H](CCC/C=C/C(=O)O)OCOC)OCOC. The summed E-state index contributed by atoms with van der Waals surface area (Å²) in [6.45, 7) is 15.3. The third kappa shape index (κ3) is 14.5. The van der Waals surface area contributed by atoms with Gasteiger partial charge in [-0.2, -0.15) is 0 Å². The standard InChI is InChI=1S/C25H46O7Si/c1-9-10-15-23(32-33(7,8)25(2,3)4)22(31-20-29-6)18-17-21(30-19-28-5)14-12-11-13-16-24(26)27/h9,13,16-18,21-23H,1,10-12,14-15,19-20H2,2-8H3,(H,26,27)/b16-13+,18-17?/t21-,22-,23-/m0/s1. The van der Waals surface area contributed by atoms with Gasteiger partial charge in [-0.25, -0.2) is 4.79 Å². The molecule has 0 saturated carbocycles. The van der Waals surface area contributed by atoms with Crippen LogP contribution in [0.1, 0.15) is 52.9 Å². The first kappa shape index (κ1) is 31.7. The molecular formula is C25H46O7Si. The number of aliphatic carboxylic acids is 1. The van der Waals surface area contributed by atoms with Crippen LogP contribution in [0.25, 0.3) is 0 Å². The molecule has 0 amide bonds. The number of ether oxygens (including phenoxy) is 4. The zero-order chi connectivity index (χ0) is 25.3. The molecule has 0 bridgehead atoms. The summed E-state index contributed by atoms with van der Waals surface area (Å²) in [4.78, 5) is 10.6. The van der Waals surface area contributed by atoms with Crippen molar-refractivity contribution in [2.24, 2.45) is 0 Å². The molecule has 0 aromatic heterocycles. The Labute approximate surface area is 201 Å². The Bertz CT molecular complexity index is 596. The highest BCUT2D eigenvalue weighted by Gasteiger charge is 2.40. The molecule has 192 valence electrons. The maximum absolute atomic E-state index is 10.6. The molecule has 0 unspecified atom stereocenters. The third-order valence-corrected chi connectivity index (χ3v) is 10.2. The smallest absolute Gasteiger partial charge is 0.327 e. The summed E-state index contributed by atoms with van der Waals surface area (Å²) < 4.78 is 28.8. The van der Waals surface area contributed by atoms with E-state index >= 15 is 0 Å². The number of unbranched alkanes of at least 4 members (excludes halogenated alkanes) is 1. The summed E-state index contributed by atoms with van der Waals surface area (Å²) >= 11 is 0. The van der Waals surface area contributed by atoms with Crippen molar-refractivity contribution in [2.45, 2.75) is 89.3 Å². The monoisotopic (exact) mass is 486 g/mol. The van der Waals surface area contributed by atoms with E-state index in [1.165, 1.54) is 0 Å². The van der Waals surface area contributed by atoms with Gasteiger partial charge >= 0.3 is 5.97 Å². The van der Waals surface area contributed by atoms with Gasteiger partial charge in [0, 0.05) is 20.3 Å². The van der Waals surface area contributed by atoms with E-state index in [4.69, 9.17) is 28.5 Å². The van der Waals surface area contributed by atoms with Gasteiger partial charge in [0.05, 0.1) is 12.2 Å².